The van der Waals surface area contributed by atoms with Gasteiger partial charge >= 0.3 is 0 Å². The smallest absolute Gasteiger partial charge is 0.171 e. The third kappa shape index (κ3) is 3.71. The Morgan fingerprint density at radius 2 is 1.65 bits per heavy atom. The van der Waals surface area contributed by atoms with E-state index in [0.717, 1.165) is 18.5 Å². The molecule has 0 spiro atoms. The summed E-state index contributed by atoms with van der Waals surface area (Å²) in [7, 11) is 0. The van der Waals surface area contributed by atoms with Gasteiger partial charge in [0.1, 0.15) is 0 Å². The van der Waals surface area contributed by atoms with Gasteiger partial charge in [0.25, 0.3) is 0 Å². The summed E-state index contributed by atoms with van der Waals surface area (Å²) in [5.74, 6) is 0. The van der Waals surface area contributed by atoms with Crippen molar-refractivity contribution in [1.29, 1.82) is 5.26 Å². The van der Waals surface area contributed by atoms with Crippen LogP contribution in [0, 0.1) is 11.3 Å². The SMILES string of the molecule is N#Cc1ccc(N(C(N)=S)C2CCCCCCC2)cc1. The van der Waals surface area contributed by atoms with Crippen molar-refractivity contribution in [2.24, 2.45) is 5.73 Å². The lowest BCUT2D eigenvalue weighted by Gasteiger charge is -2.33. The molecule has 106 valence electrons. The fourth-order valence-electron chi connectivity index (χ4n) is 2.91. The second-order valence-electron chi connectivity index (χ2n) is 5.37. The second kappa shape index (κ2) is 7.25. The molecule has 3 nitrogen and oxygen atoms in total. The van der Waals surface area contributed by atoms with Crippen LogP contribution in [0.15, 0.2) is 24.3 Å². The minimum absolute atomic E-state index is 0.390. The zero-order valence-electron chi connectivity index (χ0n) is 11.7. The molecule has 0 radical (unpaired) electrons. The maximum atomic E-state index is 8.88. The average molecular weight is 287 g/mol. The largest absolute Gasteiger partial charge is 0.376 e. The zero-order chi connectivity index (χ0) is 14.4. The lowest BCUT2D eigenvalue weighted by atomic mass is 9.95. The molecular weight excluding hydrogens is 266 g/mol. The molecule has 4 heteroatoms. The topological polar surface area (TPSA) is 53.0 Å². The van der Waals surface area contributed by atoms with E-state index in [1.54, 1.807) is 0 Å². The number of hydrogen-bond acceptors (Lipinski definition) is 2. The van der Waals surface area contributed by atoms with Crippen LogP contribution in [0.1, 0.15) is 50.5 Å². The van der Waals surface area contributed by atoms with Gasteiger partial charge in [-0.15, -0.1) is 0 Å². The Labute approximate surface area is 126 Å². The standard InChI is InChI=1S/C16H21N3S/c17-12-13-8-10-15(11-9-13)19(16(18)20)14-6-4-2-1-3-5-7-14/h8-11,14H,1-7H2,(H2,18,20). The lowest BCUT2D eigenvalue weighted by molar-refractivity contribution is 0.452. The monoisotopic (exact) mass is 287 g/mol. The predicted octanol–water partition coefficient (Wildman–Crippen LogP) is 3.72. The van der Waals surface area contributed by atoms with Crippen molar-refractivity contribution in [3.8, 4) is 6.07 Å². The van der Waals surface area contributed by atoms with Crippen molar-refractivity contribution in [2.75, 3.05) is 4.90 Å². The van der Waals surface area contributed by atoms with Crippen LogP contribution < -0.4 is 10.6 Å². The van der Waals surface area contributed by atoms with Crippen LogP contribution >= 0.6 is 12.2 Å². The molecule has 1 aliphatic carbocycles. The highest BCUT2D eigenvalue weighted by atomic mass is 32.1. The highest BCUT2D eigenvalue weighted by Crippen LogP contribution is 2.26. The number of rotatable bonds is 2. The molecule has 2 N–H and O–H groups in total. The lowest BCUT2D eigenvalue weighted by Crippen LogP contribution is -2.44. The summed E-state index contributed by atoms with van der Waals surface area (Å²) in [6, 6.07) is 10.1. The fourth-order valence-corrected chi connectivity index (χ4v) is 3.16. The van der Waals surface area contributed by atoms with E-state index in [1.807, 2.05) is 24.3 Å². The second-order valence-corrected chi connectivity index (χ2v) is 5.78. The Hall–Kier alpha value is -1.60. The molecule has 1 aromatic rings. The van der Waals surface area contributed by atoms with Gasteiger partial charge in [-0.25, -0.2) is 0 Å². The Balaban J connectivity index is 2.20. The zero-order valence-corrected chi connectivity index (χ0v) is 12.5. The molecule has 1 saturated carbocycles. The van der Waals surface area contributed by atoms with Gasteiger partial charge in [-0.3, -0.25) is 0 Å². The molecule has 0 heterocycles. The van der Waals surface area contributed by atoms with E-state index >= 15 is 0 Å². The van der Waals surface area contributed by atoms with Crippen molar-refractivity contribution in [3.63, 3.8) is 0 Å². The summed E-state index contributed by atoms with van der Waals surface area (Å²) < 4.78 is 0. The van der Waals surface area contributed by atoms with E-state index in [9.17, 15) is 0 Å². The molecule has 2 rings (SSSR count). The number of nitriles is 1. The third-order valence-electron chi connectivity index (χ3n) is 3.95. The number of hydrogen-bond donors (Lipinski definition) is 1. The maximum Gasteiger partial charge on any atom is 0.171 e. The first-order valence-corrected chi connectivity index (χ1v) is 7.72. The van der Waals surface area contributed by atoms with Crippen molar-refractivity contribution < 1.29 is 0 Å². The quantitative estimate of drug-likeness (QED) is 0.842. The molecule has 1 fully saturated rings. The Bertz CT molecular complexity index is 481. The predicted molar refractivity (Wildman–Crippen MR) is 86.5 cm³/mol. The van der Waals surface area contributed by atoms with Gasteiger partial charge in [0.05, 0.1) is 11.6 Å². The highest BCUT2D eigenvalue weighted by Gasteiger charge is 2.21. The van der Waals surface area contributed by atoms with E-state index in [1.165, 1.54) is 32.1 Å². The van der Waals surface area contributed by atoms with Gasteiger partial charge in [-0.2, -0.15) is 5.26 Å². The van der Waals surface area contributed by atoms with Crippen molar-refractivity contribution in [1.82, 2.24) is 0 Å². The Morgan fingerprint density at radius 3 is 2.15 bits per heavy atom. The molecule has 0 atom stereocenters. The minimum atomic E-state index is 0.390. The molecule has 0 bridgehead atoms. The van der Waals surface area contributed by atoms with Crippen molar-refractivity contribution >= 4 is 23.0 Å². The highest BCUT2D eigenvalue weighted by molar-refractivity contribution is 7.80. The molecule has 0 unspecified atom stereocenters. The number of nitrogens with zero attached hydrogens (tertiary/aromatic N) is 2. The van der Waals surface area contributed by atoms with Crippen LogP contribution in [0.5, 0.6) is 0 Å². The van der Waals surface area contributed by atoms with E-state index in [4.69, 9.17) is 23.2 Å². The summed E-state index contributed by atoms with van der Waals surface area (Å²) >= 11 is 5.26. The molecule has 1 aliphatic rings. The molecular formula is C16H21N3S. The van der Waals surface area contributed by atoms with E-state index < -0.39 is 0 Å². The van der Waals surface area contributed by atoms with Gasteiger partial charge in [0, 0.05) is 11.7 Å². The number of thiocarbonyl (C=S) groups is 1. The number of benzene rings is 1. The molecule has 0 amide bonds. The van der Waals surface area contributed by atoms with Gasteiger partial charge < -0.3 is 10.6 Å². The molecule has 20 heavy (non-hydrogen) atoms. The first kappa shape index (κ1) is 14.8. The Morgan fingerprint density at radius 1 is 1.10 bits per heavy atom. The van der Waals surface area contributed by atoms with Gasteiger partial charge in [-0.1, -0.05) is 32.1 Å². The first-order valence-electron chi connectivity index (χ1n) is 7.31. The molecule has 0 aromatic heterocycles. The first-order chi connectivity index (χ1) is 9.72. The van der Waals surface area contributed by atoms with Crippen LogP contribution in [0.3, 0.4) is 0 Å². The maximum absolute atomic E-state index is 8.88. The summed E-state index contributed by atoms with van der Waals surface area (Å²) in [4.78, 5) is 2.07. The molecule has 1 aromatic carbocycles. The summed E-state index contributed by atoms with van der Waals surface area (Å²) in [6.07, 6.45) is 8.69. The summed E-state index contributed by atoms with van der Waals surface area (Å²) in [6.45, 7) is 0. The summed E-state index contributed by atoms with van der Waals surface area (Å²) in [5, 5.41) is 9.31. The molecule has 0 saturated heterocycles. The van der Waals surface area contributed by atoms with Crippen LogP contribution in [0.4, 0.5) is 5.69 Å². The van der Waals surface area contributed by atoms with Crippen molar-refractivity contribution in [3.05, 3.63) is 29.8 Å². The van der Waals surface area contributed by atoms with Gasteiger partial charge in [-0.05, 0) is 49.3 Å². The minimum Gasteiger partial charge on any atom is -0.376 e. The Kier molecular flexibility index (Phi) is 5.37. The van der Waals surface area contributed by atoms with E-state index in [2.05, 4.69) is 11.0 Å². The third-order valence-corrected chi connectivity index (χ3v) is 4.15. The van der Waals surface area contributed by atoms with E-state index in [-0.39, 0.29) is 0 Å². The van der Waals surface area contributed by atoms with Gasteiger partial charge in [0.15, 0.2) is 5.11 Å². The average Bonchev–Trinajstić information content (AvgIpc) is 2.41. The van der Waals surface area contributed by atoms with Crippen molar-refractivity contribution in [2.45, 2.75) is 51.0 Å². The number of nitrogens with two attached hydrogens (primary N) is 1. The molecule has 0 aliphatic heterocycles. The van der Waals surface area contributed by atoms with E-state index in [0.29, 0.717) is 16.7 Å². The van der Waals surface area contributed by atoms with Crippen LogP contribution in [-0.2, 0) is 0 Å². The fraction of sp³-hybridized carbons (Fsp3) is 0.500. The van der Waals surface area contributed by atoms with Gasteiger partial charge in [0.2, 0.25) is 0 Å². The normalized spacial score (nSPS) is 16.8. The van der Waals surface area contributed by atoms with Crippen LogP contribution in [0.25, 0.3) is 0 Å². The van der Waals surface area contributed by atoms with Crippen LogP contribution in [-0.4, -0.2) is 11.2 Å². The van der Waals surface area contributed by atoms with Crippen LogP contribution in [0.2, 0.25) is 0 Å². The summed E-state index contributed by atoms with van der Waals surface area (Å²) in [5.41, 5.74) is 7.62. The number of anilines is 1.